The van der Waals surface area contributed by atoms with Crippen LogP contribution in [0, 0.1) is 5.41 Å². The van der Waals surface area contributed by atoms with Crippen molar-refractivity contribution in [2.45, 2.75) is 45.4 Å². The molecule has 0 fully saturated rings. The van der Waals surface area contributed by atoms with Gasteiger partial charge >= 0.3 is 5.97 Å². The second-order valence-corrected chi connectivity index (χ2v) is 11.4. The molecule has 224 valence electrons. The van der Waals surface area contributed by atoms with E-state index in [1.807, 2.05) is 38.1 Å². The molecule has 0 N–H and O–H groups in total. The van der Waals surface area contributed by atoms with Crippen molar-refractivity contribution in [1.82, 2.24) is 0 Å². The summed E-state index contributed by atoms with van der Waals surface area (Å²) in [6.45, 7) is 7.68. The zero-order valence-corrected chi connectivity index (χ0v) is 25.7. The lowest BCUT2D eigenvalue weighted by Crippen LogP contribution is -2.30. The van der Waals surface area contributed by atoms with Crippen molar-refractivity contribution in [2.24, 2.45) is 5.41 Å². The molecule has 4 aromatic rings. The van der Waals surface area contributed by atoms with Crippen LogP contribution in [0.2, 0.25) is 0 Å². The van der Waals surface area contributed by atoms with E-state index in [0.717, 1.165) is 41.9 Å². The maximum absolute atomic E-state index is 12.7. The molecule has 1 aliphatic rings. The van der Waals surface area contributed by atoms with Crippen molar-refractivity contribution in [2.75, 3.05) is 33.5 Å². The number of ether oxygens (including phenoxy) is 4. The van der Waals surface area contributed by atoms with Crippen molar-refractivity contribution in [3.05, 3.63) is 119 Å². The zero-order chi connectivity index (χ0) is 30.3. The highest BCUT2D eigenvalue weighted by molar-refractivity contribution is 5.86. The van der Waals surface area contributed by atoms with Gasteiger partial charge in [0.15, 0.2) is 0 Å². The lowest BCUT2D eigenvalue weighted by Gasteiger charge is -2.34. The van der Waals surface area contributed by atoms with Gasteiger partial charge in [-0.3, -0.25) is 4.79 Å². The van der Waals surface area contributed by atoms with Gasteiger partial charge in [0.2, 0.25) is 0 Å². The van der Waals surface area contributed by atoms with Gasteiger partial charge in [-0.05, 0) is 77.4 Å². The van der Waals surface area contributed by atoms with Crippen LogP contribution < -0.4 is 9.47 Å². The van der Waals surface area contributed by atoms with Crippen LogP contribution in [0.5, 0.6) is 11.5 Å². The van der Waals surface area contributed by atoms with E-state index in [-0.39, 0.29) is 12.6 Å². The highest BCUT2D eigenvalue weighted by Crippen LogP contribution is 2.56. The van der Waals surface area contributed by atoms with Crippen LogP contribution in [0.4, 0.5) is 0 Å². The molecule has 0 spiro atoms. The number of fused-ring (bicyclic) bond motifs is 3. The summed E-state index contributed by atoms with van der Waals surface area (Å²) in [6.07, 6.45) is 2.53. The molecule has 0 amide bonds. The fraction of sp³-hybridized carbons (Fsp3) is 0.342. The maximum Gasteiger partial charge on any atom is 0.311 e. The Morgan fingerprint density at radius 2 is 1.16 bits per heavy atom. The molecule has 0 bridgehead atoms. The van der Waals surface area contributed by atoms with Crippen molar-refractivity contribution >= 4 is 5.97 Å². The Balaban J connectivity index is 1.43. The van der Waals surface area contributed by atoms with E-state index in [9.17, 15) is 4.79 Å². The topological polar surface area (TPSA) is 54.0 Å². The van der Waals surface area contributed by atoms with Crippen LogP contribution in [-0.2, 0) is 19.7 Å². The Kier molecular flexibility index (Phi) is 9.52. The highest BCUT2D eigenvalue weighted by Gasteiger charge is 2.45. The number of carbonyl (C=O) groups excluding carboxylic acids is 1. The molecule has 1 unspecified atom stereocenters. The third kappa shape index (κ3) is 5.92. The fourth-order valence-corrected chi connectivity index (χ4v) is 6.31. The van der Waals surface area contributed by atoms with Gasteiger partial charge in [0, 0.05) is 7.11 Å². The Morgan fingerprint density at radius 3 is 1.63 bits per heavy atom. The molecule has 4 aromatic carbocycles. The summed E-state index contributed by atoms with van der Waals surface area (Å²) in [5, 5.41) is 0. The number of hydrogen-bond acceptors (Lipinski definition) is 5. The highest BCUT2D eigenvalue weighted by atomic mass is 16.6. The number of esters is 1. The van der Waals surface area contributed by atoms with Crippen molar-refractivity contribution < 1.29 is 23.7 Å². The normalized spacial score (nSPS) is 14.3. The summed E-state index contributed by atoms with van der Waals surface area (Å²) in [4.78, 5) is 12.7. The molecular weight excluding hydrogens is 536 g/mol. The second-order valence-electron chi connectivity index (χ2n) is 11.4. The SMILES string of the molecule is CCCC(C)(CC)C(=O)OCCOc1ccc(C2(c3ccc(OCCOC)cc3)c3ccccc3-c3ccccc32)cc1. The quantitative estimate of drug-likeness (QED) is 0.0982. The Morgan fingerprint density at radius 1 is 0.674 bits per heavy atom. The maximum atomic E-state index is 12.7. The molecule has 5 nitrogen and oxygen atoms in total. The summed E-state index contributed by atoms with van der Waals surface area (Å²) in [6, 6.07) is 34.1. The van der Waals surface area contributed by atoms with E-state index in [1.54, 1.807) is 7.11 Å². The average Bonchev–Trinajstić information content (AvgIpc) is 3.35. The van der Waals surface area contributed by atoms with Gasteiger partial charge in [0.05, 0.1) is 17.4 Å². The standard InChI is InChI=1S/C38H42O5/c1-5-23-37(3,6-2)36(39)43-27-26-42-31-21-17-29(18-22-31)38(28-15-19-30(20-16-28)41-25-24-40-4)34-13-9-7-11-32(34)33-12-8-10-14-35(33)38/h7-22H,5-6,23-27H2,1-4H3. The summed E-state index contributed by atoms with van der Waals surface area (Å²) in [5.74, 6) is 1.41. The zero-order valence-electron chi connectivity index (χ0n) is 25.7. The van der Waals surface area contributed by atoms with Gasteiger partial charge in [0.25, 0.3) is 0 Å². The molecule has 1 aliphatic carbocycles. The minimum atomic E-state index is -0.504. The number of carbonyl (C=O) groups is 1. The van der Waals surface area contributed by atoms with E-state index in [0.29, 0.717) is 19.8 Å². The molecular formula is C38H42O5. The molecule has 0 aliphatic heterocycles. The first kappa shape index (κ1) is 30.4. The molecule has 1 atom stereocenters. The van der Waals surface area contributed by atoms with E-state index >= 15 is 0 Å². The van der Waals surface area contributed by atoms with Crippen molar-refractivity contribution in [1.29, 1.82) is 0 Å². The minimum absolute atomic E-state index is 0.147. The minimum Gasteiger partial charge on any atom is -0.491 e. The van der Waals surface area contributed by atoms with Gasteiger partial charge in [-0.1, -0.05) is 93.1 Å². The summed E-state index contributed by atoms with van der Waals surface area (Å²) < 4.78 is 22.6. The molecule has 0 saturated heterocycles. The molecule has 0 radical (unpaired) electrons. The van der Waals surface area contributed by atoms with Crippen LogP contribution in [0.3, 0.4) is 0 Å². The van der Waals surface area contributed by atoms with Gasteiger partial charge in [-0.25, -0.2) is 0 Å². The average molecular weight is 579 g/mol. The van der Waals surface area contributed by atoms with E-state index in [1.165, 1.54) is 22.3 Å². The first-order valence-corrected chi connectivity index (χ1v) is 15.3. The van der Waals surface area contributed by atoms with Gasteiger partial charge < -0.3 is 18.9 Å². The lowest BCUT2D eigenvalue weighted by atomic mass is 9.68. The predicted molar refractivity (Wildman–Crippen MR) is 171 cm³/mol. The third-order valence-electron chi connectivity index (χ3n) is 8.74. The number of benzene rings is 4. The van der Waals surface area contributed by atoms with Crippen LogP contribution in [0.1, 0.15) is 62.3 Å². The number of hydrogen-bond donors (Lipinski definition) is 0. The first-order chi connectivity index (χ1) is 21.0. The first-order valence-electron chi connectivity index (χ1n) is 15.3. The molecule has 0 saturated carbocycles. The number of methoxy groups -OCH3 is 1. The van der Waals surface area contributed by atoms with Crippen LogP contribution in [0.15, 0.2) is 97.1 Å². The summed E-state index contributed by atoms with van der Waals surface area (Å²) in [7, 11) is 1.67. The summed E-state index contributed by atoms with van der Waals surface area (Å²) in [5.41, 5.74) is 6.34. The van der Waals surface area contributed by atoms with Crippen molar-refractivity contribution in [3.8, 4) is 22.6 Å². The van der Waals surface area contributed by atoms with E-state index in [4.69, 9.17) is 18.9 Å². The predicted octanol–water partition coefficient (Wildman–Crippen LogP) is 8.21. The smallest absolute Gasteiger partial charge is 0.311 e. The summed E-state index contributed by atoms with van der Waals surface area (Å²) >= 11 is 0. The van der Waals surface area contributed by atoms with Gasteiger partial charge in [0.1, 0.15) is 31.3 Å². The van der Waals surface area contributed by atoms with Crippen LogP contribution in [-0.4, -0.2) is 39.5 Å². The third-order valence-corrected chi connectivity index (χ3v) is 8.74. The van der Waals surface area contributed by atoms with Crippen molar-refractivity contribution in [3.63, 3.8) is 0 Å². The molecule has 5 heteroatoms. The number of rotatable bonds is 14. The molecule has 43 heavy (non-hydrogen) atoms. The Labute approximate surface area is 255 Å². The van der Waals surface area contributed by atoms with Gasteiger partial charge in [-0.2, -0.15) is 0 Å². The van der Waals surface area contributed by atoms with Crippen LogP contribution in [0.25, 0.3) is 11.1 Å². The Hall–Kier alpha value is -4.09. The molecule has 0 aromatic heterocycles. The lowest BCUT2D eigenvalue weighted by molar-refractivity contribution is -0.156. The fourth-order valence-electron chi connectivity index (χ4n) is 6.31. The van der Waals surface area contributed by atoms with Gasteiger partial charge in [-0.15, -0.1) is 0 Å². The molecule has 0 heterocycles. The monoisotopic (exact) mass is 578 g/mol. The second kappa shape index (κ2) is 13.5. The van der Waals surface area contributed by atoms with E-state index < -0.39 is 10.8 Å². The Bertz CT molecular complexity index is 1460. The largest absolute Gasteiger partial charge is 0.491 e. The molecule has 5 rings (SSSR count). The van der Waals surface area contributed by atoms with E-state index in [2.05, 4.69) is 79.7 Å². The van der Waals surface area contributed by atoms with Crippen LogP contribution >= 0.6 is 0 Å².